The summed E-state index contributed by atoms with van der Waals surface area (Å²) in [4.78, 5) is 4.18. The van der Waals surface area contributed by atoms with Crippen LogP contribution in [0.1, 0.15) is 0 Å². The Morgan fingerprint density at radius 2 is 1.42 bits per heavy atom. The largest absolute Gasteiger partial charge is 0.368 e. The van der Waals surface area contributed by atoms with Crippen molar-refractivity contribution in [2.75, 3.05) is 0 Å². The van der Waals surface area contributed by atoms with Crippen molar-refractivity contribution in [1.82, 2.24) is 10.3 Å². The summed E-state index contributed by atoms with van der Waals surface area (Å²) in [7, 11) is 0. The fraction of sp³-hybridized carbons (Fsp3) is 0. The Bertz CT molecular complexity index is 485. The van der Waals surface area contributed by atoms with Crippen molar-refractivity contribution in [2.45, 2.75) is 0 Å². The zero-order chi connectivity index (χ0) is 11.8. The van der Waals surface area contributed by atoms with Crippen LogP contribution in [0.3, 0.4) is 0 Å². The third-order valence-corrected chi connectivity index (χ3v) is 2.23. The monoisotopic (exact) mass is 253 g/mol. The van der Waals surface area contributed by atoms with Gasteiger partial charge in [-0.3, -0.25) is 9.69 Å². The Kier molecular flexibility index (Phi) is 8.46. The minimum absolute atomic E-state index is 0. The van der Waals surface area contributed by atoms with Crippen molar-refractivity contribution in [3.05, 3.63) is 79.3 Å². The molecular formula is C15H15BFN2. The molecule has 0 saturated carbocycles. The number of para-hydroxylation sites is 1. The Hall–Kier alpha value is -2.36. The SMILES string of the molecule is C1=CC=CNC=C1.F.[B].c1ccc2ncccc2c1. The van der Waals surface area contributed by atoms with Crippen LogP contribution in [0.15, 0.2) is 79.3 Å². The van der Waals surface area contributed by atoms with E-state index in [-0.39, 0.29) is 13.1 Å². The average Bonchev–Trinajstić information content (AvgIpc) is 2.72. The number of benzene rings is 1. The van der Waals surface area contributed by atoms with Crippen LogP contribution >= 0.6 is 0 Å². The maximum atomic E-state index is 4.18. The van der Waals surface area contributed by atoms with E-state index in [9.17, 15) is 0 Å². The van der Waals surface area contributed by atoms with Gasteiger partial charge in [0.2, 0.25) is 0 Å². The zero-order valence-electron chi connectivity index (χ0n) is 10.4. The Labute approximate surface area is 114 Å². The summed E-state index contributed by atoms with van der Waals surface area (Å²) in [6.45, 7) is 0. The number of nitrogens with one attached hydrogen (secondary N) is 1. The number of nitrogens with zero attached hydrogens (tertiary/aromatic N) is 1. The first-order valence-corrected chi connectivity index (χ1v) is 5.51. The summed E-state index contributed by atoms with van der Waals surface area (Å²) < 4.78 is 0. The number of hydrogen-bond donors (Lipinski definition) is 1. The number of hydrogen-bond acceptors (Lipinski definition) is 2. The van der Waals surface area contributed by atoms with Gasteiger partial charge in [-0.25, -0.2) is 0 Å². The molecule has 0 fully saturated rings. The molecule has 3 rings (SSSR count). The molecule has 0 amide bonds. The summed E-state index contributed by atoms with van der Waals surface area (Å²) in [6.07, 6.45) is 13.4. The van der Waals surface area contributed by atoms with Gasteiger partial charge in [0.05, 0.1) is 5.52 Å². The molecule has 0 aliphatic carbocycles. The second kappa shape index (κ2) is 9.65. The lowest BCUT2D eigenvalue weighted by atomic mass is 10.2. The van der Waals surface area contributed by atoms with Crippen LogP contribution in [0.5, 0.6) is 0 Å². The first-order valence-electron chi connectivity index (χ1n) is 5.51. The van der Waals surface area contributed by atoms with E-state index in [4.69, 9.17) is 0 Å². The van der Waals surface area contributed by atoms with Crippen molar-refractivity contribution in [2.24, 2.45) is 0 Å². The lowest BCUT2D eigenvalue weighted by Crippen LogP contribution is -1.87. The summed E-state index contributed by atoms with van der Waals surface area (Å²) in [5.41, 5.74) is 1.06. The highest BCUT2D eigenvalue weighted by Gasteiger charge is 1.86. The molecule has 0 unspecified atom stereocenters. The fourth-order valence-corrected chi connectivity index (χ4v) is 1.42. The van der Waals surface area contributed by atoms with Gasteiger partial charge in [0.1, 0.15) is 0 Å². The molecule has 1 aromatic heterocycles. The van der Waals surface area contributed by atoms with Gasteiger partial charge in [-0.1, -0.05) is 36.4 Å². The van der Waals surface area contributed by atoms with E-state index >= 15 is 0 Å². The van der Waals surface area contributed by atoms with E-state index in [1.54, 1.807) is 0 Å². The number of pyridine rings is 1. The summed E-state index contributed by atoms with van der Waals surface area (Å²) in [5, 5.41) is 4.12. The minimum atomic E-state index is 0. The van der Waals surface area contributed by atoms with Gasteiger partial charge in [-0.05, 0) is 24.3 Å². The second-order valence-electron chi connectivity index (χ2n) is 3.47. The van der Waals surface area contributed by atoms with E-state index < -0.39 is 0 Å². The second-order valence-corrected chi connectivity index (χ2v) is 3.47. The van der Waals surface area contributed by atoms with Crippen molar-refractivity contribution in [3.63, 3.8) is 0 Å². The van der Waals surface area contributed by atoms with Gasteiger partial charge in [-0.2, -0.15) is 0 Å². The Morgan fingerprint density at radius 3 is 2.11 bits per heavy atom. The molecule has 0 bridgehead atoms. The molecule has 1 aromatic carbocycles. The first-order chi connectivity index (χ1) is 8.47. The average molecular weight is 253 g/mol. The van der Waals surface area contributed by atoms with Gasteiger partial charge in [-0.15, -0.1) is 0 Å². The van der Waals surface area contributed by atoms with E-state index in [0.29, 0.717) is 0 Å². The van der Waals surface area contributed by atoms with Crippen molar-refractivity contribution >= 4 is 19.3 Å². The van der Waals surface area contributed by atoms with Gasteiger partial charge in [0.25, 0.3) is 0 Å². The highest BCUT2D eigenvalue weighted by atomic mass is 19.0. The molecule has 0 saturated heterocycles. The normalized spacial score (nSPS) is 11.2. The minimum Gasteiger partial charge on any atom is -0.368 e. The van der Waals surface area contributed by atoms with Crippen molar-refractivity contribution in [3.8, 4) is 0 Å². The van der Waals surface area contributed by atoms with Gasteiger partial charge in [0, 0.05) is 32.4 Å². The van der Waals surface area contributed by atoms with E-state index in [1.807, 2.05) is 67.2 Å². The maximum absolute atomic E-state index is 4.18. The third-order valence-electron chi connectivity index (χ3n) is 2.23. The smallest absolute Gasteiger partial charge is 0.0701 e. The molecule has 19 heavy (non-hydrogen) atoms. The van der Waals surface area contributed by atoms with Crippen LogP contribution < -0.4 is 5.32 Å². The standard InChI is InChI=1S/C9H7N.C6H7N.B.FH/c1-2-6-9-8(4-1)5-3-7-10-9;1-2-4-6-7-5-3-1;;/h1-7H;1-7H;;1H. The highest BCUT2D eigenvalue weighted by Crippen LogP contribution is 2.07. The van der Waals surface area contributed by atoms with Crippen LogP contribution in [0.4, 0.5) is 4.70 Å². The van der Waals surface area contributed by atoms with E-state index in [0.717, 1.165) is 5.52 Å². The van der Waals surface area contributed by atoms with Crippen LogP contribution in [0, 0.1) is 0 Å². The number of halogens is 1. The van der Waals surface area contributed by atoms with Crippen LogP contribution in [-0.2, 0) is 0 Å². The van der Waals surface area contributed by atoms with E-state index in [2.05, 4.69) is 22.4 Å². The summed E-state index contributed by atoms with van der Waals surface area (Å²) >= 11 is 0. The van der Waals surface area contributed by atoms with Crippen molar-refractivity contribution < 1.29 is 4.70 Å². The Balaban J connectivity index is 0.000000325. The van der Waals surface area contributed by atoms with Gasteiger partial charge < -0.3 is 5.32 Å². The molecule has 95 valence electrons. The molecule has 1 aliphatic rings. The van der Waals surface area contributed by atoms with E-state index in [1.165, 1.54) is 5.39 Å². The van der Waals surface area contributed by atoms with Gasteiger partial charge in [0.15, 0.2) is 0 Å². The molecule has 2 nitrogen and oxygen atoms in total. The van der Waals surface area contributed by atoms with Crippen LogP contribution in [0.2, 0.25) is 0 Å². The summed E-state index contributed by atoms with van der Waals surface area (Å²) in [5.74, 6) is 0. The quantitative estimate of drug-likeness (QED) is 0.729. The molecule has 2 aromatic rings. The zero-order valence-corrected chi connectivity index (χ0v) is 10.4. The molecule has 1 N–H and O–H groups in total. The highest BCUT2D eigenvalue weighted by molar-refractivity contribution is 5.77. The molecule has 0 atom stereocenters. The molecule has 2 heterocycles. The predicted octanol–water partition coefficient (Wildman–Crippen LogP) is 3.18. The van der Waals surface area contributed by atoms with Crippen molar-refractivity contribution in [1.29, 1.82) is 0 Å². The van der Waals surface area contributed by atoms with Gasteiger partial charge >= 0.3 is 0 Å². The maximum Gasteiger partial charge on any atom is 0.0701 e. The lowest BCUT2D eigenvalue weighted by Gasteiger charge is -1.91. The molecule has 0 spiro atoms. The third kappa shape index (κ3) is 5.68. The summed E-state index contributed by atoms with van der Waals surface area (Å²) in [6, 6.07) is 12.1. The number of aromatic nitrogens is 1. The first kappa shape index (κ1) is 16.6. The number of rotatable bonds is 0. The topological polar surface area (TPSA) is 24.9 Å². The number of fused-ring (bicyclic) bond motifs is 1. The predicted molar refractivity (Wildman–Crippen MR) is 80.6 cm³/mol. The van der Waals surface area contributed by atoms with Crippen LogP contribution in [0.25, 0.3) is 10.9 Å². The fourth-order valence-electron chi connectivity index (χ4n) is 1.42. The molecule has 1 aliphatic heterocycles. The molecule has 4 heteroatoms. The lowest BCUT2D eigenvalue weighted by molar-refractivity contribution is 1.11. The Morgan fingerprint density at radius 1 is 0.789 bits per heavy atom. The molecule has 3 radical (unpaired) electrons. The number of allylic oxidation sites excluding steroid dienone is 4. The van der Waals surface area contributed by atoms with Crippen LogP contribution in [-0.4, -0.2) is 13.4 Å². The molecular weight excluding hydrogens is 238 g/mol.